The lowest BCUT2D eigenvalue weighted by Gasteiger charge is -2.15. The van der Waals surface area contributed by atoms with Gasteiger partial charge in [-0.15, -0.1) is 0 Å². The molecule has 17 heavy (non-hydrogen) atoms. The topological polar surface area (TPSA) is 88.3 Å². The third-order valence-electron chi connectivity index (χ3n) is 2.63. The van der Waals surface area contributed by atoms with Gasteiger partial charge in [0.05, 0.1) is 6.54 Å². The van der Waals surface area contributed by atoms with Crippen LogP contribution >= 0.6 is 0 Å². The Morgan fingerprint density at radius 2 is 2.18 bits per heavy atom. The minimum atomic E-state index is -0.838. The minimum Gasteiger partial charge on any atom is -0.384 e. The van der Waals surface area contributed by atoms with E-state index >= 15 is 0 Å². The van der Waals surface area contributed by atoms with Gasteiger partial charge in [-0.05, 0) is 31.5 Å². The lowest BCUT2D eigenvalue weighted by atomic mass is 10.1. The van der Waals surface area contributed by atoms with Crippen molar-refractivity contribution >= 4 is 17.8 Å². The summed E-state index contributed by atoms with van der Waals surface area (Å²) in [5.74, 6) is 0.131. The van der Waals surface area contributed by atoms with Crippen molar-refractivity contribution in [2.24, 2.45) is 0 Å². The van der Waals surface area contributed by atoms with Crippen molar-refractivity contribution in [3.63, 3.8) is 0 Å². The van der Waals surface area contributed by atoms with Gasteiger partial charge in [-0.1, -0.05) is 0 Å². The average molecular weight is 234 g/mol. The Kier molecular flexibility index (Phi) is 2.49. The molecule has 2 rings (SSSR count). The van der Waals surface area contributed by atoms with Crippen molar-refractivity contribution in [2.75, 3.05) is 5.73 Å². The molecular formula is C11H14N4O2. The maximum atomic E-state index is 11.9. The Balaban J connectivity index is 2.20. The molecule has 0 radical (unpaired) electrons. The van der Waals surface area contributed by atoms with Crippen LogP contribution in [0.25, 0.3) is 0 Å². The van der Waals surface area contributed by atoms with E-state index in [0.717, 1.165) is 5.56 Å². The maximum Gasteiger partial charge on any atom is 0.325 e. The predicted octanol–water partition coefficient (Wildman–Crippen LogP) is 0.494. The quantitative estimate of drug-likeness (QED) is 0.729. The molecule has 0 saturated carbocycles. The number of nitrogens with zero attached hydrogens (tertiary/aromatic N) is 2. The summed E-state index contributed by atoms with van der Waals surface area (Å²) in [4.78, 5) is 28.6. The van der Waals surface area contributed by atoms with Crippen LogP contribution in [0.2, 0.25) is 0 Å². The first-order chi connectivity index (χ1) is 7.90. The smallest absolute Gasteiger partial charge is 0.325 e. The van der Waals surface area contributed by atoms with Crippen molar-refractivity contribution < 1.29 is 9.59 Å². The summed E-state index contributed by atoms with van der Waals surface area (Å²) < 4.78 is 0. The highest BCUT2D eigenvalue weighted by Crippen LogP contribution is 2.19. The van der Waals surface area contributed by atoms with Crippen LogP contribution in [0.3, 0.4) is 0 Å². The number of carbonyl (C=O) groups excluding carboxylic acids is 2. The van der Waals surface area contributed by atoms with E-state index < -0.39 is 5.54 Å². The molecule has 0 spiro atoms. The Hall–Kier alpha value is -2.11. The van der Waals surface area contributed by atoms with Crippen LogP contribution in [0.5, 0.6) is 0 Å². The summed E-state index contributed by atoms with van der Waals surface area (Å²) >= 11 is 0. The van der Waals surface area contributed by atoms with Gasteiger partial charge < -0.3 is 11.1 Å². The zero-order chi connectivity index (χ0) is 12.6. The molecule has 0 bridgehead atoms. The molecule has 6 nitrogen and oxygen atoms in total. The van der Waals surface area contributed by atoms with Crippen molar-refractivity contribution in [2.45, 2.75) is 25.9 Å². The first kappa shape index (κ1) is 11.4. The Morgan fingerprint density at radius 1 is 1.47 bits per heavy atom. The molecule has 0 atom stereocenters. The molecule has 3 N–H and O–H groups in total. The van der Waals surface area contributed by atoms with Gasteiger partial charge in [0.25, 0.3) is 5.91 Å². The highest BCUT2D eigenvalue weighted by atomic mass is 16.2. The molecule has 0 unspecified atom stereocenters. The average Bonchev–Trinajstić information content (AvgIpc) is 2.41. The van der Waals surface area contributed by atoms with Gasteiger partial charge in [-0.25, -0.2) is 9.78 Å². The molecule has 6 heteroatoms. The molecule has 1 aliphatic heterocycles. The number of anilines is 1. The number of aromatic nitrogens is 1. The summed E-state index contributed by atoms with van der Waals surface area (Å²) in [5.41, 5.74) is 5.48. The normalized spacial score (nSPS) is 18.4. The number of hydrogen-bond acceptors (Lipinski definition) is 4. The number of rotatable bonds is 2. The molecule has 90 valence electrons. The van der Waals surface area contributed by atoms with Crippen LogP contribution in [-0.2, 0) is 11.3 Å². The molecular weight excluding hydrogens is 220 g/mol. The van der Waals surface area contributed by atoms with Crippen LogP contribution in [-0.4, -0.2) is 27.4 Å². The molecule has 0 aromatic carbocycles. The SMILES string of the molecule is CC1(C)NC(=O)N(Cc2ccnc(N)c2)C1=O. The van der Waals surface area contributed by atoms with Gasteiger partial charge in [-0.3, -0.25) is 9.69 Å². The van der Waals surface area contributed by atoms with Crippen LogP contribution in [0.15, 0.2) is 18.3 Å². The third-order valence-corrected chi connectivity index (χ3v) is 2.63. The zero-order valence-electron chi connectivity index (χ0n) is 9.73. The lowest BCUT2D eigenvalue weighted by molar-refractivity contribution is -0.130. The Labute approximate surface area is 98.8 Å². The van der Waals surface area contributed by atoms with Gasteiger partial charge in [0.2, 0.25) is 0 Å². The number of pyridine rings is 1. The standard InChI is InChI=1S/C11H14N4O2/c1-11(2)9(16)15(10(17)14-11)6-7-3-4-13-8(12)5-7/h3-5H,6H2,1-2H3,(H2,12,13)(H,14,17). The van der Waals surface area contributed by atoms with Crippen molar-refractivity contribution in [3.05, 3.63) is 23.9 Å². The van der Waals surface area contributed by atoms with E-state index in [-0.39, 0.29) is 18.5 Å². The monoisotopic (exact) mass is 234 g/mol. The van der Waals surface area contributed by atoms with E-state index in [0.29, 0.717) is 5.82 Å². The van der Waals surface area contributed by atoms with Gasteiger partial charge in [-0.2, -0.15) is 0 Å². The van der Waals surface area contributed by atoms with Crippen LogP contribution < -0.4 is 11.1 Å². The third kappa shape index (κ3) is 2.06. The Morgan fingerprint density at radius 3 is 2.71 bits per heavy atom. The number of nitrogens with one attached hydrogen (secondary N) is 1. The van der Waals surface area contributed by atoms with Gasteiger partial charge in [0.1, 0.15) is 11.4 Å². The fourth-order valence-corrected chi connectivity index (χ4v) is 1.74. The van der Waals surface area contributed by atoms with E-state index in [1.54, 1.807) is 32.2 Å². The summed E-state index contributed by atoms with van der Waals surface area (Å²) in [7, 11) is 0. The van der Waals surface area contributed by atoms with Crippen LogP contribution in [0.4, 0.5) is 10.6 Å². The lowest BCUT2D eigenvalue weighted by Crippen LogP contribution is -2.40. The van der Waals surface area contributed by atoms with Crippen molar-refractivity contribution in [1.29, 1.82) is 0 Å². The van der Waals surface area contributed by atoms with E-state index in [9.17, 15) is 9.59 Å². The first-order valence-corrected chi connectivity index (χ1v) is 5.25. The number of nitrogens with two attached hydrogens (primary N) is 1. The molecule has 0 aliphatic carbocycles. The van der Waals surface area contributed by atoms with E-state index in [2.05, 4.69) is 10.3 Å². The largest absolute Gasteiger partial charge is 0.384 e. The molecule has 2 heterocycles. The maximum absolute atomic E-state index is 11.9. The number of imide groups is 1. The summed E-state index contributed by atoms with van der Waals surface area (Å²) in [6, 6.07) is 2.99. The molecule has 1 saturated heterocycles. The molecule has 1 fully saturated rings. The second kappa shape index (κ2) is 3.73. The second-order valence-electron chi connectivity index (χ2n) is 4.54. The van der Waals surface area contributed by atoms with E-state index in [1.165, 1.54) is 4.90 Å². The van der Waals surface area contributed by atoms with Crippen LogP contribution in [0.1, 0.15) is 19.4 Å². The van der Waals surface area contributed by atoms with Gasteiger partial charge in [0.15, 0.2) is 0 Å². The number of carbonyl (C=O) groups is 2. The zero-order valence-corrected chi connectivity index (χ0v) is 9.73. The Bertz CT molecular complexity index is 484. The van der Waals surface area contributed by atoms with Gasteiger partial charge in [0, 0.05) is 6.20 Å². The molecule has 3 amide bonds. The highest BCUT2D eigenvalue weighted by molar-refractivity contribution is 6.06. The first-order valence-electron chi connectivity index (χ1n) is 5.25. The number of nitrogen functional groups attached to an aromatic ring is 1. The van der Waals surface area contributed by atoms with E-state index in [1.807, 2.05) is 0 Å². The molecule has 1 aliphatic rings. The fraction of sp³-hybridized carbons (Fsp3) is 0.364. The van der Waals surface area contributed by atoms with Crippen molar-refractivity contribution in [3.8, 4) is 0 Å². The number of urea groups is 1. The minimum absolute atomic E-state index is 0.209. The second-order valence-corrected chi connectivity index (χ2v) is 4.54. The predicted molar refractivity (Wildman–Crippen MR) is 61.8 cm³/mol. The fourth-order valence-electron chi connectivity index (χ4n) is 1.74. The summed E-state index contributed by atoms with van der Waals surface area (Å²) in [6.07, 6.45) is 1.55. The summed E-state index contributed by atoms with van der Waals surface area (Å²) in [6.45, 7) is 3.56. The van der Waals surface area contributed by atoms with Gasteiger partial charge >= 0.3 is 6.03 Å². The van der Waals surface area contributed by atoms with Crippen LogP contribution in [0, 0.1) is 0 Å². The van der Waals surface area contributed by atoms with Crippen molar-refractivity contribution in [1.82, 2.24) is 15.2 Å². The highest BCUT2D eigenvalue weighted by Gasteiger charge is 2.43. The number of hydrogen-bond donors (Lipinski definition) is 2. The summed E-state index contributed by atoms with van der Waals surface area (Å²) in [5, 5.41) is 2.62. The molecule has 1 aromatic rings. The van der Waals surface area contributed by atoms with E-state index in [4.69, 9.17) is 5.73 Å². The molecule has 1 aromatic heterocycles. The number of amides is 3.